The Hall–Kier alpha value is -2.80. The monoisotopic (exact) mass is 314 g/mol. The molecule has 7 nitrogen and oxygen atoms in total. The molecule has 4 aromatic heterocycles. The van der Waals surface area contributed by atoms with Gasteiger partial charge < -0.3 is 0 Å². The minimum Gasteiger partial charge on any atom is -0.287 e. The van der Waals surface area contributed by atoms with Gasteiger partial charge in [-0.3, -0.25) is 9.89 Å². The zero-order valence-corrected chi connectivity index (χ0v) is 12.3. The van der Waals surface area contributed by atoms with Gasteiger partial charge in [0.25, 0.3) is 11.5 Å². The molecule has 0 aromatic carbocycles. The highest BCUT2D eigenvalue weighted by atomic mass is 35.5. The second-order valence-corrected chi connectivity index (χ2v) is 4.67. The molecule has 4 heterocycles. The number of aromatic nitrogens is 6. The van der Waals surface area contributed by atoms with Crippen molar-refractivity contribution >= 4 is 34.3 Å². The van der Waals surface area contributed by atoms with Gasteiger partial charge in [-0.15, -0.1) is 12.4 Å². The van der Waals surface area contributed by atoms with Crippen LogP contribution in [0.1, 0.15) is 5.69 Å². The number of nitrogens with zero attached hydrogens (tertiary/aromatic N) is 5. The SMILES string of the molecule is Cc1ccc2c(ncc3c(=O)n(-c4ncccn4)[nH]c32)n1.Cl. The summed E-state index contributed by atoms with van der Waals surface area (Å²) in [6.45, 7) is 1.90. The van der Waals surface area contributed by atoms with Gasteiger partial charge in [-0.25, -0.2) is 19.9 Å². The molecule has 0 aliphatic carbocycles. The standard InChI is InChI=1S/C14H10N6O.ClH/c1-8-3-4-9-11-10(7-17-12(9)18-8)13(21)20(19-11)14-15-5-2-6-16-14;/h2-7,19H,1H3;1H. The van der Waals surface area contributed by atoms with Gasteiger partial charge in [-0.2, -0.15) is 4.68 Å². The van der Waals surface area contributed by atoms with Crippen molar-refractivity contribution in [3.63, 3.8) is 0 Å². The number of H-pyrrole nitrogens is 1. The van der Waals surface area contributed by atoms with E-state index >= 15 is 0 Å². The third-order valence-electron chi connectivity index (χ3n) is 3.28. The predicted molar refractivity (Wildman–Crippen MR) is 84.6 cm³/mol. The highest BCUT2D eigenvalue weighted by molar-refractivity contribution is 6.01. The van der Waals surface area contributed by atoms with Gasteiger partial charge in [-0.05, 0) is 25.1 Å². The first-order valence-corrected chi connectivity index (χ1v) is 6.38. The Kier molecular flexibility index (Phi) is 3.34. The van der Waals surface area contributed by atoms with Crippen LogP contribution in [0, 0.1) is 6.92 Å². The second-order valence-electron chi connectivity index (χ2n) is 4.67. The summed E-state index contributed by atoms with van der Waals surface area (Å²) in [5.41, 5.74) is 1.93. The molecule has 8 heteroatoms. The summed E-state index contributed by atoms with van der Waals surface area (Å²) in [5.74, 6) is 0.298. The Morgan fingerprint density at radius 3 is 2.64 bits per heavy atom. The van der Waals surface area contributed by atoms with E-state index in [1.807, 2.05) is 19.1 Å². The van der Waals surface area contributed by atoms with E-state index in [4.69, 9.17) is 0 Å². The lowest BCUT2D eigenvalue weighted by Crippen LogP contribution is -2.16. The van der Waals surface area contributed by atoms with Crippen molar-refractivity contribution in [3.8, 4) is 5.95 Å². The Balaban J connectivity index is 0.00000144. The van der Waals surface area contributed by atoms with Crippen molar-refractivity contribution in [2.45, 2.75) is 6.92 Å². The van der Waals surface area contributed by atoms with Crippen molar-refractivity contribution in [2.75, 3.05) is 0 Å². The Labute approximate surface area is 130 Å². The lowest BCUT2D eigenvalue weighted by molar-refractivity contribution is 0.794. The van der Waals surface area contributed by atoms with E-state index in [1.165, 1.54) is 10.9 Å². The smallest absolute Gasteiger partial charge is 0.283 e. The van der Waals surface area contributed by atoms with Gasteiger partial charge in [0.2, 0.25) is 0 Å². The molecule has 0 aliphatic rings. The van der Waals surface area contributed by atoms with Crippen LogP contribution < -0.4 is 5.56 Å². The number of aryl methyl sites for hydroxylation is 1. The summed E-state index contributed by atoms with van der Waals surface area (Å²) in [6, 6.07) is 5.48. The highest BCUT2D eigenvalue weighted by Gasteiger charge is 2.13. The average Bonchev–Trinajstić information content (AvgIpc) is 2.85. The molecule has 110 valence electrons. The number of pyridine rings is 2. The number of hydrogen-bond donors (Lipinski definition) is 1. The van der Waals surface area contributed by atoms with Crippen molar-refractivity contribution in [1.29, 1.82) is 0 Å². The third-order valence-corrected chi connectivity index (χ3v) is 3.28. The summed E-state index contributed by atoms with van der Waals surface area (Å²) in [4.78, 5) is 29.2. The molecule has 22 heavy (non-hydrogen) atoms. The highest BCUT2D eigenvalue weighted by Crippen LogP contribution is 2.19. The van der Waals surface area contributed by atoms with E-state index in [0.29, 0.717) is 22.5 Å². The number of nitrogens with one attached hydrogen (secondary N) is 1. The maximum atomic E-state index is 12.4. The van der Waals surface area contributed by atoms with Crippen molar-refractivity contribution in [2.24, 2.45) is 0 Å². The van der Waals surface area contributed by atoms with Crippen molar-refractivity contribution in [1.82, 2.24) is 29.7 Å². The first-order valence-electron chi connectivity index (χ1n) is 6.38. The summed E-state index contributed by atoms with van der Waals surface area (Å²) in [7, 11) is 0. The number of rotatable bonds is 1. The van der Waals surface area contributed by atoms with E-state index < -0.39 is 0 Å². The van der Waals surface area contributed by atoms with Crippen LogP contribution in [-0.2, 0) is 0 Å². The quantitative estimate of drug-likeness (QED) is 0.578. The number of halogens is 1. The van der Waals surface area contributed by atoms with Crippen LogP contribution in [0.3, 0.4) is 0 Å². The van der Waals surface area contributed by atoms with Gasteiger partial charge in [-0.1, -0.05) is 0 Å². The van der Waals surface area contributed by atoms with Gasteiger partial charge in [0.05, 0.1) is 10.9 Å². The maximum absolute atomic E-state index is 12.4. The van der Waals surface area contributed by atoms with Crippen LogP contribution in [0.2, 0.25) is 0 Å². The van der Waals surface area contributed by atoms with E-state index in [1.54, 1.807) is 18.5 Å². The molecule has 4 aromatic rings. The summed E-state index contributed by atoms with van der Waals surface area (Å²) in [5, 5.41) is 4.32. The molecule has 0 saturated heterocycles. The molecule has 0 atom stereocenters. The molecule has 0 saturated carbocycles. The molecular formula is C14H11ClN6O. The van der Waals surface area contributed by atoms with Crippen LogP contribution in [0.15, 0.2) is 41.6 Å². The second kappa shape index (κ2) is 5.19. The molecule has 0 bridgehead atoms. The first kappa shape index (κ1) is 14.2. The summed E-state index contributed by atoms with van der Waals surface area (Å²) >= 11 is 0. The van der Waals surface area contributed by atoms with Gasteiger partial charge in [0, 0.05) is 29.7 Å². The van der Waals surface area contributed by atoms with Crippen molar-refractivity contribution < 1.29 is 0 Å². The van der Waals surface area contributed by atoms with Gasteiger partial charge in [0.1, 0.15) is 0 Å². The molecule has 4 rings (SSSR count). The van der Waals surface area contributed by atoms with Crippen LogP contribution in [0.25, 0.3) is 27.9 Å². The lowest BCUT2D eigenvalue weighted by Gasteiger charge is -1.99. The molecule has 0 unspecified atom stereocenters. The molecule has 0 amide bonds. The number of hydrogen-bond acceptors (Lipinski definition) is 5. The summed E-state index contributed by atoms with van der Waals surface area (Å²) in [6.07, 6.45) is 4.70. The fourth-order valence-electron chi connectivity index (χ4n) is 2.29. The fraction of sp³-hybridized carbons (Fsp3) is 0.0714. The zero-order chi connectivity index (χ0) is 14.4. The number of aromatic amines is 1. The minimum atomic E-state index is -0.230. The predicted octanol–water partition coefficient (Wildman–Crippen LogP) is 1.78. The van der Waals surface area contributed by atoms with Gasteiger partial charge >= 0.3 is 0 Å². The van der Waals surface area contributed by atoms with Gasteiger partial charge in [0.15, 0.2) is 5.65 Å². The largest absolute Gasteiger partial charge is 0.287 e. The molecular weight excluding hydrogens is 304 g/mol. The van der Waals surface area contributed by atoms with E-state index in [0.717, 1.165) is 11.1 Å². The van der Waals surface area contributed by atoms with Crippen LogP contribution in [0.4, 0.5) is 0 Å². The maximum Gasteiger partial charge on any atom is 0.283 e. The van der Waals surface area contributed by atoms with Crippen LogP contribution in [-0.4, -0.2) is 29.7 Å². The molecule has 0 fully saturated rings. The van der Waals surface area contributed by atoms with E-state index in [2.05, 4.69) is 25.0 Å². The Morgan fingerprint density at radius 2 is 1.86 bits per heavy atom. The zero-order valence-electron chi connectivity index (χ0n) is 11.5. The van der Waals surface area contributed by atoms with E-state index in [9.17, 15) is 4.79 Å². The fourth-order valence-corrected chi connectivity index (χ4v) is 2.29. The Morgan fingerprint density at radius 1 is 1.09 bits per heavy atom. The molecule has 0 aliphatic heterocycles. The van der Waals surface area contributed by atoms with E-state index in [-0.39, 0.29) is 18.0 Å². The topological polar surface area (TPSA) is 89.4 Å². The Bertz CT molecular complexity index is 1020. The number of fused-ring (bicyclic) bond motifs is 3. The first-order chi connectivity index (χ1) is 10.2. The lowest BCUT2D eigenvalue weighted by atomic mass is 10.2. The molecule has 0 radical (unpaired) electrons. The summed E-state index contributed by atoms with van der Waals surface area (Å²) < 4.78 is 1.31. The molecule has 1 N–H and O–H groups in total. The van der Waals surface area contributed by atoms with Crippen molar-refractivity contribution in [3.05, 3.63) is 52.8 Å². The minimum absolute atomic E-state index is 0. The third kappa shape index (κ3) is 2.03. The average molecular weight is 315 g/mol. The molecule has 0 spiro atoms. The van der Waals surface area contributed by atoms with Crippen LogP contribution >= 0.6 is 12.4 Å². The van der Waals surface area contributed by atoms with Crippen LogP contribution in [0.5, 0.6) is 0 Å². The normalized spacial score (nSPS) is 10.8.